The molecule has 0 aliphatic carbocycles. The summed E-state index contributed by atoms with van der Waals surface area (Å²) in [4.78, 5) is 3.21. The van der Waals surface area contributed by atoms with Crippen LogP contribution in [0.25, 0.3) is 22.7 Å². The van der Waals surface area contributed by atoms with E-state index in [2.05, 4.69) is 76.3 Å². The number of hydrogen-bond acceptors (Lipinski definition) is 5. The number of nitrogens with zero attached hydrogens (tertiary/aromatic N) is 2. The number of rotatable bonds is 6. The average Bonchev–Trinajstić information content (AvgIpc) is 3.19. The van der Waals surface area contributed by atoms with Gasteiger partial charge in [0.1, 0.15) is 0 Å². The summed E-state index contributed by atoms with van der Waals surface area (Å²) >= 11 is 1.67. The van der Waals surface area contributed by atoms with Crippen LogP contribution in [0.1, 0.15) is 5.56 Å². The Morgan fingerprint density at radius 2 is 1.65 bits per heavy atom. The molecule has 5 nitrogen and oxygen atoms in total. The third kappa shape index (κ3) is 4.47. The van der Waals surface area contributed by atoms with Crippen molar-refractivity contribution in [3.05, 3.63) is 89.6 Å². The third-order valence-corrected chi connectivity index (χ3v) is 6.85. The molecule has 0 saturated heterocycles. The monoisotopic (exact) mass is 584 g/mol. The average molecular weight is 584 g/mol. The van der Waals surface area contributed by atoms with Crippen molar-refractivity contribution in [2.75, 3.05) is 32.3 Å². The molecule has 0 atom stereocenters. The summed E-state index contributed by atoms with van der Waals surface area (Å²) in [7, 11) is 3.28. The second-order valence-corrected chi connectivity index (χ2v) is 8.69. The Morgan fingerprint density at radius 3 is 2.38 bits per heavy atom. The van der Waals surface area contributed by atoms with Crippen LogP contribution in [0.15, 0.2) is 88.9 Å². The molecule has 7 heteroatoms. The van der Waals surface area contributed by atoms with Gasteiger partial charge in [0.15, 0.2) is 17.7 Å². The zero-order valence-electron chi connectivity index (χ0n) is 18.9. The number of fused-ring (bicyclic) bond motifs is 2. The predicted octanol–water partition coefficient (Wildman–Crippen LogP) is 2.04. The van der Waals surface area contributed by atoms with Gasteiger partial charge in [-0.1, -0.05) is 42.1 Å². The fourth-order valence-electron chi connectivity index (χ4n) is 4.19. The first kappa shape index (κ1) is 24.4. The number of pyridine rings is 1. The first-order chi connectivity index (χ1) is 16.2. The van der Waals surface area contributed by atoms with Crippen molar-refractivity contribution >= 4 is 34.4 Å². The van der Waals surface area contributed by atoms with E-state index in [-0.39, 0.29) is 30.6 Å². The summed E-state index contributed by atoms with van der Waals surface area (Å²) in [5.74, 6) is 1.37. The fourth-order valence-corrected chi connectivity index (χ4v) is 5.34. The largest absolute Gasteiger partial charge is 1.00 e. The Morgan fingerprint density at radius 1 is 0.941 bits per heavy atom. The predicted molar refractivity (Wildman–Crippen MR) is 133 cm³/mol. The number of halogens is 1. The van der Waals surface area contributed by atoms with Gasteiger partial charge in [0, 0.05) is 47.8 Å². The molecule has 2 heterocycles. The van der Waals surface area contributed by atoms with E-state index < -0.39 is 0 Å². The number of benzene rings is 3. The Labute approximate surface area is 220 Å². The van der Waals surface area contributed by atoms with Gasteiger partial charge in [-0.25, -0.2) is 0 Å². The number of ether oxygens (including phenoxy) is 2. The van der Waals surface area contributed by atoms with E-state index in [9.17, 15) is 5.11 Å². The van der Waals surface area contributed by atoms with Gasteiger partial charge in [0.05, 0.1) is 36.9 Å². The van der Waals surface area contributed by atoms with E-state index in [1.807, 2.05) is 18.2 Å². The van der Waals surface area contributed by atoms with Crippen LogP contribution in [-0.2, 0) is 0 Å². The van der Waals surface area contributed by atoms with Gasteiger partial charge < -0.3 is 43.5 Å². The smallest absolute Gasteiger partial charge is 0.219 e. The van der Waals surface area contributed by atoms with Gasteiger partial charge in [-0.2, -0.15) is 4.57 Å². The van der Waals surface area contributed by atoms with E-state index in [0.29, 0.717) is 18.0 Å². The quantitative estimate of drug-likeness (QED) is 0.278. The normalized spacial score (nSPS) is 13.6. The SMILES string of the molecule is COc1cc2c(cc1OC)N(CCO)C(=Cc1cc[n+](-c3ccccc3)c3ccccc13)S2.[I-]. The molecule has 0 saturated carbocycles. The molecular weight excluding hydrogens is 559 g/mol. The summed E-state index contributed by atoms with van der Waals surface area (Å²) in [6.07, 6.45) is 4.30. The molecular formula is C27H25IN2O3S. The van der Waals surface area contributed by atoms with Crippen LogP contribution in [0.2, 0.25) is 0 Å². The van der Waals surface area contributed by atoms with Gasteiger partial charge in [0.25, 0.3) is 0 Å². The molecule has 3 aromatic carbocycles. The lowest BCUT2D eigenvalue weighted by atomic mass is 10.1. The number of hydrogen-bond donors (Lipinski definition) is 1. The van der Waals surface area contributed by atoms with Crippen molar-refractivity contribution in [2.45, 2.75) is 4.90 Å². The highest BCUT2D eigenvalue weighted by atomic mass is 127. The molecule has 1 aliphatic heterocycles. The van der Waals surface area contributed by atoms with Gasteiger partial charge in [-0.3, -0.25) is 0 Å². The minimum absolute atomic E-state index is 0. The maximum atomic E-state index is 9.76. The van der Waals surface area contributed by atoms with E-state index in [0.717, 1.165) is 37.8 Å². The summed E-state index contributed by atoms with van der Waals surface area (Å²) in [6.45, 7) is 0.547. The highest BCUT2D eigenvalue weighted by Crippen LogP contribution is 2.50. The molecule has 0 bridgehead atoms. The molecule has 174 valence electrons. The summed E-state index contributed by atoms with van der Waals surface area (Å²) < 4.78 is 13.2. The van der Waals surface area contributed by atoms with Gasteiger partial charge in [-0.15, -0.1) is 0 Å². The molecule has 34 heavy (non-hydrogen) atoms. The van der Waals surface area contributed by atoms with E-state index in [1.165, 1.54) is 0 Å². The Bertz CT molecular complexity index is 1340. The van der Waals surface area contributed by atoms with Crippen LogP contribution in [-0.4, -0.2) is 32.5 Å². The number of β-amino-alcohol motifs (C(OH)–C–C–N with tert-alkyl or cyclic N) is 1. The summed E-state index contributed by atoms with van der Waals surface area (Å²) in [5.41, 5.74) is 4.39. The zero-order valence-corrected chi connectivity index (χ0v) is 21.9. The van der Waals surface area contributed by atoms with E-state index in [4.69, 9.17) is 9.47 Å². The molecule has 1 N–H and O–H groups in total. The topological polar surface area (TPSA) is 45.8 Å². The number of methoxy groups -OCH3 is 2. The number of thioether (sulfide) groups is 1. The first-order valence-electron chi connectivity index (χ1n) is 10.8. The van der Waals surface area contributed by atoms with Crippen LogP contribution in [0.4, 0.5) is 5.69 Å². The third-order valence-electron chi connectivity index (χ3n) is 5.75. The lowest BCUT2D eigenvalue weighted by molar-refractivity contribution is -0.567. The minimum Gasteiger partial charge on any atom is -1.00 e. The molecule has 1 aliphatic rings. The molecule has 0 unspecified atom stereocenters. The van der Waals surface area contributed by atoms with Crippen molar-refractivity contribution in [1.82, 2.24) is 0 Å². The fraction of sp³-hybridized carbons (Fsp3) is 0.148. The van der Waals surface area contributed by atoms with Crippen molar-refractivity contribution in [2.24, 2.45) is 0 Å². The van der Waals surface area contributed by atoms with Crippen molar-refractivity contribution in [3.8, 4) is 17.2 Å². The van der Waals surface area contributed by atoms with Crippen LogP contribution >= 0.6 is 11.8 Å². The van der Waals surface area contributed by atoms with Crippen LogP contribution in [0, 0.1) is 0 Å². The number of aliphatic hydroxyl groups excluding tert-OH is 1. The van der Waals surface area contributed by atoms with Gasteiger partial charge in [-0.05, 0) is 17.7 Å². The Hall–Kier alpha value is -2.75. The summed E-state index contributed by atoms with van der Waals surface area (Å²) in [6, 6.07) is 24.9. The lowest BCUT2D eigenvalue weighted by Crippen LogP contribution is -3.00. The number of aliphatic hydroxyl groups is 1. The molecule has 4 aromatic rings. The molecule has 5 rings (SSSR count). The van der Waals surface area contributed by atoms with Crippen LogP contribution < -0.4 is 42.9 Å². The standard InChI is InChI=1S/C27H25N2O3S.HI/c1-31-24-17-23-26(18-25(24)32-2)33-27(29(23)14-15-30)16-19-12-13-28(20-8-4-3-5-9-20)22-11-7-6-10-21(19)22;/h3-13,16-18,30H,14-15H2,1-2H3;1H/q+1;/p-1. The number of para-hydroxylation sites is 2. The second kappa shape index (κ2) is 10.7. The van der Waals surface area contributed by atoms with Gasteiger partial charge >= 0.3 is 0 Å². The molecule has 0 amide bonds. The lowest BCUT2D eigenvalue weighted by Gasteiger charge is -2.20. The van der Waals surface area contributed by atoms with Crippen LogP contribution in [0.3, 0.4) is 0 Å². The first-order valence-corrected chi connectivity index (χ1v) is 11.6. The zero-order chi connectivity index (χ0) is 22.8. The summed E-state index contributed by atoms with van der Waals surface area (Å²) in [5, 5.41) is 12.0. The second-order valence-electron chi connectivity index (χ2n) is 7.63. The van der Waals surface area contributed by atoms with Crippen LogP contribution in [0.5, 0.6) is 11.5 Å². The number of aromatic nitrogens is 1. The molecule has 0 radical (unpaired) electrons. The Balaban J connectivity index is 0.00000274. The molecule has 1 aromatic heterocycles. The highest BCUT2D eigenvalue weighted by Gasteiger charge is 2.28. The Kier molecular flexibility index (Phi) is 7.65. The van der Waals surface area contributed by atoms with Gasteiger partial charge in [0.2, 0.25) is 11.2 Å². The number of anilines is 1. The van der Waals surface area contributed by atoms with Crippen molar-refractivity contribution in [1.29, 1.82) is 0 Å². The van der Waals surface area contributed by atoms with E-state index >= 15 is 0 Å². The molecule has 0 spiro atoms. The minimum atomic E-state index is 0. The molecule has 0 fully saturated rings. The highest BCUT2D eigenvalue weighted by molar-refractivity contribution is 8.03. The van der Waals surface area contributed by atoms with E-state index in [1.54, 1.807) is 26.0 Å². The van der Waals surface area contributed by atoms with Crippen molar-refractivity contribution in [3.63, 3.8) is 0 Å². The maximum absolute atomic E-state index is 9.76. The maximum Gasteiger partial charge on any atom is 0.219 e. The van der Waals surface area contributed by atoms with Crippen molar-refractivity contribution < 1.29 is 43.1 Å².